The van der Waals surface area contributed by atoms with Crippen LogP contribution >= 0.6 is 0 Å². The molecule has 0 aliphatic carbocycles. The summed E-state index contributed by atoms with van der Waals surface area (Å²) in [6.45, 7) is 16.1. The Labute approximate surface area is 284 Å². The van der Waals surface area contributed by atoms with Crippen LogP contribution in [-0.2, 0) is 35.1 Å². The maximum absolute atomic E-state index is 14.5. The second kappa shape index (κ2) is 18.0. The van der Waals surface area contributed by atoms with E-state index in [2.05, 4.69) is 17.2 Å². The van der Waals surface area contributed by atoms with Crippen molar-refractivity contribution in [2.45, 2.75) is 110 Å². The molecule has 2 aromatic carbocycles. The van der Waals surface area contributed by atoms with Gasteiger partial charge < -0.3 is 30.7 Å². The Morgan fingerprint density at radius 2 is 1.52 bits per heavy atom. The summed E-state index contributed by atoms with van der Waals surface area (Å²) in [6, 6.07) is 12.3. The van der Waals surface area contributed by atoms with Gasteiger partial charge in [-0.1, -0.05) is 81.0 Å². The van der Waals surface area contributed by atoms with Gasteiger partial charge in [0.05, 0.1) is 6.42 Å². The van der Waals surface area contributed by atoms with Gasteiger partial charge in [-0.15, -0.1) is 0 Å². The standard InChI is InChI=1S/C37H52N4O7/c1-9-11-15-21-41(33(44)28(24-30(38)42)40-35(46)48-37(6,7)8)31(27-20-16-19-25(10-2)22-27)32(43)39-29(34(45)47-36(3,4)5)23-26-17-13-12-14-18-26/h10,12-14,16-20,22,28-29,31H,2,9,11,15,21,23-24H2,1,3-8H3,(H2,38,42)(H,39,43)(H,40,46). The molecule has 0 radical (unpaired) electrons. The molecule has 0 spiro atoms. The number of rotatable bonds is 16. The molecule has 0 heterocycles. The number of unbranched alkanes of at least 4 members (excludes halogenated alkanes) is 2. The molecule has 11 heteroatoms. The zero-order valence-corrected chi connectivity index (χ0v) is 29.3. The predicted octanol–water partition coefficient (Wildman–Crippen LogP) is 5.23. The highest BCUT2D eigenvalue weighted by Crippen LogP contribution is 2.26. The molecular formula is C37H52N4O7. The number of benzene rings is 2. The van der Waals surface area contributed by atoms with Crippen LogP contribution in [-0.4, -0.2) is 64.5 Å². The quantitative estimate of drug-likeness (QED) is 0.164. The van der Waals surface area contributed by atoms with E-state index in [1.54, 1.807) is 71.9 Å². The lowest BCUT2D eigenvalue weighted by Gasteiger charge is -2.35. The molecular weight excluding hydrogens is 612 g/mol. The zero-order valence-electron chi connectivity index (χ0n) is 29.3. The van der Waals surface area contributed by atoms with Gasteiger partial charge in [0.1, 0.15) is 29.3 Å². The number of amides is 4. The number of primary amides is 1. The molecule has 2 rings (SSSR count). The Kier molecular flexibility index (Phi) is 14.8. The smallest absolute Gasteiger partial charge is 0.408 e. The van der Waals surface area contributed by atoms with Gasteiger partial charge in [0.25, 0.3) is 0 Å². The van der Waals surface area contributed by atoms with Crippen molar-refractivity contribution in [2.24, 2.45) is 5.73 Å². The molecule has 0 aromatic heterocycles. The summed E-state index contributed by atoms with van der Waals surface area (Å²) in [5.41, 5.74) is 5.73. The Hall–Kier alpha value is -4.67. The molecule has 48 heavy (non-hydrogen) atoms. The first-order valence-electron chi connectivity index (χ1n) is 16.3. The third-order valence-corrected chi connectivity index (χ3v) is 6.99. The molecule has 4 N–H and O–H groups in total. The second-order valence-corrected chi connectivity index (χ2v) is 13.7. The van der Waals surface area contributed by atoms with Crippen LogP contribution in [0.1, 0.15) is 96.9 Å². The number of nitrogens with two attached hydrogens (primary N) is 1. The van der Waals surface area contributed by atoms with Gasteiger partial charge in [0.15, 0.2) is 0 Å². The molecule has 0 saturated carbocycles. The number of nitrogens with one attached hydrogen (secondary N) is 2. The average Bonchev–Trinajstić information content (AvgIpc) is 2.98. The first-order valence-corrected chi connectivity index (χ1v) is 16.3. The van der Waals surface area contributed by atoms with Crippen molar-refractivity contribution in [1.29, 1.82) is 0 Å². The number of carbonyl (C=O) groups excluding carboxylic acids is 5. The molecule has 3 unspecified atom stereocenters. The molecule has 2 aromatic rings. The Bertz CT molecular complexity index is 1410. The highest BCUT2D eigenvalue weighted by atomic mass is 16.6. The summed E-state index contributed by atoms with van der Waals surface area (Å²) in [4.78, 5) is 68.7. The fourth-order valence-electron chi connectivity index (χ4n) is 4.95. The summed E-state index contributed by atoms with van der Waals surface area (Å²) in [5, 5.41) is 5.35. The molecule has 4 amide bonds. The number of hydrogen-bond donors (Lipinski definition) is 3. The largest absolute Gasteiger partial charge is 0.458 e. The van der Waals surface area contributed by atoms with E-state index in [1.807, 2.05) is 37.3 Å². The lowest BCUT2D eigenvalue weighted by molar-refractivity contribution is -0.159. The molecule has 0 fully saturated rings. The van der Waals surface area contributed by atoms with Gasteiger partial charge in [0, 0.05) is 13.0 Å². The summed E-state index contributed by atoms with van der Waals surface area (Å²) >= 11 is 0. The van der Waals surface area contributed by atoms with Crippen LogP contribution in [0.4, 0.5) is 4.79 Å². The van der Waals surface area contributed by atoms with Gasteiger partial charge in [-0.3, -0.25) is 14.4 Å². The summed E-state index contributed by atoms with van der Waals surface area (Å²) < 4.78 is 11.0. The number of ether oxygens (including phenoxy) is 2. The summed E-state index contributed by atoms with van der Waals surface area (Å²) in [5.74, 6) is -2.83. The first kappa shape index (κ1) is 39.5. The minimum absolute atomic E-state index is 0.101. The number of hydrogen-bond acceptors (Lipinski definition) is 7. The molecule has 262 valence electrons. The van der Waals surface area contributed by atoms with Crippen LogP contribution in [0.2, 0.25) is 0 Å². The molecule has 11 nitrogen and oxygen atoms in total. The lowest BCUT2D eigenvalue weighted by Crippen LogP contribution is -2.55. The van der Waals surface area contributed by atoms with Gasteiger partial charge in [0.2, 0.25) is 17.7 Å². The Morgan fingerprint density at radius 1 is 0.875 bits per heavy atom. The first-order chi connectivity index (χ1) is 22.4. The average molecular weight is 665 g/mol. The minimum atomic E-state index is -1.43. The van der Waals surface area contributed by atoms with Crippen molar-refractivity contribution in [2.75, 3.05) is 6.54 Å². The third kappa shape index (κ3) is 13.6. The normalized spacial score (nSPS) is 13.3. The highest BCUT2D eigenvalue weighted by Gasteiger charge is 2.38. The fourth-order valence-corrected chi connectivity index (χ4v) is 4.95. The van der Waals surface area contributed by atoms with E-state index in [-0.39, 0.29) is 13.0 Å². The molecule has 3 atom stereocenters. The number of esters is 1. The topological polar surface area (TPSA) is 157 Å². The SMILES string of the molecule is C=Cc1cccc(C(C(=O)NC(Cc2ccccc2)C(=O)OC(C)(C)C)N(CCCCC)C(=O)C(CC(N)=O)NC(=O)OC(C)(C)C)c1. The van der Waals surface area contributed by atoms with Crippen molar-refractivity contribution in [3.05, 3.63) is 77.9 Å². The highest BCUT2D eigenvalue weighted by molar-refractivity contribution is 5.95. The van der Waals surface area contributed by atoms with Gasteiger partial charge in [-0.25, -0.2) is 9.59 Å². The monoisotopic (exact) mass is 664 g/mol. The van der Waals surface area contributed by atoms with Gasteiger partial charge in [-0.05, 0) is 70.7 Å². The van der Waals surface area contributed by atoms with E-state index in [1.165, 1.54) is 4.90 Å². The molecule has 0 bridgehead atoms. The van der Waals surface area contributed by atoms with Crippen LogP contribution < -0.4 is 16.4 Å². The fraction of sp³-hybridized carbons (Fsp3) is 0.486. The van der Waals surface area contributed by atoms with Crippen molar-refractivity contribution in [1.82, 2.24) is 15.5 Å². The maximum Gasteiger partial charge on any atom is 0.408 e. The van der Waals surface area contributed by atoms with E-state index < -0.39 is 65.5 Å². The van der Waals surface area contributed by atoms with Crippen molar-refractivity contribution in [3.8, 4) is 0 Å². The van der Waals surface area contributed by atoms with Crippen LogP contribution in [0.3, 0.4) is 0 Å². The van der Waals surface area contributed by atoms with Gasteiger partial charge >= 0.3 is 12.1 Å². The van der Waals surface area contributed by atoms with Crippen LogP contribution in [0.25, 0.3) is 6.08 Å². The Morgan fingerprint density at radius 3 is 2.08 bits per heavy atom. The van der Waals surface area contributed by atoms with Crippen molar-refractivity contribution < 1.29 is 33.4 Å². The Balaban J connectivity index is 2.67. The maximum atomic E-state index is 14.5. The lowest BCUT2D eigenvalue weighted by atomic mass is 9.98. The van der Waals surface area contributed by atoms with E-state index in [9.17, 15) is 24.0 Å². The van der Waals surface area contributed by atoms with E-state index in [4.69, 9.17) is 15.2 Å². The molecule has 0 saturated heterocycles. The number of carbonyl (C=O) groups is 5. The van der Waals surface area contributed by atoms with Gasteiger partial charge in [-0.2, -0.15) is 0 Å². The van der Waals surface area contributed by atoms with Crippen LogP contribution in [0, 0.1) is 0 Å². The van der Waals surface area contributed by atoms with Crippen molar-refractivity contribution in [3.63, 3.8) is 0 Å². The van der Waals surface area contributed by atoms with Crippen LogP contribution in [0.5, 0.6) is 0 Å². The van der Waals surface area contributed by atoms with E-state index in [0.717, 1.165) is 18.4 Å². The van der Waals surface area contributed by atoms with Crippen molar-refractivity contribution >= 4 is 35.9 Å². The summed E-state index contributed by atoms with van der Waals surface area (Å²) in [7, 11) is 0. The third-order valence-electron chi connectivity index (χ3n) is 6.99. The second-order valence-electron chi connectivity index (χ2n) is 13.7. The van der Waals surface area contributed by atoms with E-state index in [0.29, 0.717) is 17.5 Å². The predicted molar refractivity (Wildman–Crippen MR) is 185 cm³/mol. The number of nitrogens with zero attached hydrogens (tertiary/aromatic N) is 1. The molecule has 0 aliphatic heterocycles. The summed E-state index contributed by atoms with van der Waals surface area (Å²) in [6.07, 6.45) is 2.37. The van der Waals surface area contributed by atoms with E-state index >= 15 is 0 Å². The van der Waals surface area contributed by atoms with Crippen LogP contribution in [0.15, 0.2) is 61.2 Å². The zero-order chi connectivity index (χ0) is 36.1. The number of alkyl carbamates (subject to hydrolysis) is 1. The molecule has 0 aliphatic rings. The minimum Gasteiger partial charge on any atom is -0.458 e.